The van der Waals surface area contributed by atoms with E-state index in [-0.39, 0.29) is 6.41 Å². The predicted molar refractivity (Wildman–Crippen MR) is 44.5 cm³/mol. The first-order chi connectivity index (χ1) is 5.20. The molecule has 1 rings (SSSR count). The van der Waals surface area contributed by atoms with Crippen LogP contribution in [-0.2, 0) is 4.79 Å². The van der Waals surface area contributed by atoms with E-state index in [9.17, 15) is 0 Å². The van der Waals surface area contributed by atoms with E-state index in [1.165, 1.54) is 12.4 Å². The average Bonchev–Trinajstić information content (AvgIpc) is 1.88. The lowest BCUT2D eigenvalue weighted by Gasteiger charge is -1.85. The van der Waals surface area contributed by atoms with Gasteiger partial charge in [0.2, 0.25) is 6.41 Å². The highest BCUT2D eigenvalue weighted by Gasteiger charge is 1.86. The van der Waals surface area contributed by atoms with E-state index in [4.69, 9.17) is 28.0 Å². The smallest absolute Gasteiger partial charge is 0.204 e. The van der Waals surface area contributed by atoms with Gasteiger partial charge in [-0.05, 0) is 6.07 Å². The van der Waals surface area contributed by atoms with Crippen LogP contribution in [0.3, 0.4) is 0 Å². The number of primary amides is 1. The molecule has 0 aliphatic rings. The van der Waals surface area contributed by atoms with Crippen molar-refractivity contribution in [2.45, 2.75) is 0 Å². The molecule has 0 bridgehead atoms. The van der Waals surface area contributed by atoms with E-state index in [1.54, 1.807) is 6.07 Å². The van der Waals surface area contributed by atoms with Crippen LogP contribution in [0.4, 0.5) is 0 Å². The fourth-order valence-electron chi connectivity index (χ4n) is 0.386. The van der Waals surface area contributed by atoms with Gasteiger partial charge in [0.15, 0.2) is 0 Å². The molecule has 0 spiro atoms. The van der Waals surface area contributed by atoms with Gasteiger partial charge in [0.05, 0.1) is 10.0 Å². The summed E-state index contributed by atoms with van der Waals surface area (Å²) in [6, 6.07) is 1.64. The van der Waals surface area contributed by atoms with E-state index >= 15 is 0 Å². The van der Waals surface area contributed by atoms with E-state index in [2.05, 4.69) is 10.7 Å². The van der Waals surface area contributed by atoms with Crippen molar-refractivity contribution in [1.29, 1.82) is 0 Å². The predicted octanol–water partition coefficient (Wildman–Crippen LogP) is 1.49. The Labute approximate surface area is 74.1 Å². The first-order valence-electron chi connectivity index (χ1n) is 2.62. The third kappa shape index (κ3) is 5.63. The van der Waals surface area contributed by atoms with Crippen LogP contribution in [0.5, 0.6) is 0 Å². The molecule has 5 heteroatoms. The van der Waals surface area contributed by atoms with Gasteiger partial charge in [-0.25, -0.2) is 0 Å². The van der Waals surface area contributed by atoms with Crippen molar-refractivity contribution in [1.82, 2.24) is 4.98 Å². The number of aromatic nitrogens is 1. The highest BCUT2D eigenvalue weighted by atomic mass is 35.5. The Morgan fingerprint density at radius 3 is 1.91 bits per heavy atom. The molecule has 1 aromatic heterocycles. The van der Waals surface area contributed by atoms with E-state index in [1.807, 2.05) is 0 Å². The Bertz CT molecular complexity index is 212. The van der Waals surface area contributed by atoms with Crippen molar-refractivity contribution >= 4 is 29.6 Å². The molecule has 0 fully saturated rings. The zero-order chi connectivity index (χ0) is 8.69. The second-order valence-corrected chi connectivity index (χ2v) is 2.33. The van der Waals surface area contributed by atoms with Crippen LogP contribution in [0.1, 0.15) is 0 Å². The summed E-state index contributed by atoms with van der Waals surface area (Å²) in [4.78, 5) is 12.3. The van der Waals surface area contributed by atoms with Gasteiger partial charge in [-0.15, -0.1) is 0 Å². The Kier molecular flexibility index (Phi) is 5.51. The van der Waals surface area contributed by atoms with Crippen molar-refractivity contribution in [2.75, 3.05) is 0 Å². The Balaban J connectivity index is 0.000000292. The third-order valence-electron chi connectivity index (χ3n) is 0.672. The summed E-state index contributed by atoms with van der Waals surface area (Å²) in [7, 11) is 0. The molecule has 0 unspecified atom stereocenters. The molecule has 0 aromatic carbocycles. The van der Waals surface area contributed by atoms with Crippen molar-refractivity contribution < 1.29 is 4.79 Å². The zero-order valence-electron chi connectivity index (χ0n) is 5.50. The Hall–Kier alpha value is -0.800. The van der Waals surface area contributed by atoms with Crippen molar-refractivity contribution in [3.8, 4) is 0 Å². The van der Waals surface area contributed by atoms with Crippen LogP contribution >= 0.6 is 23.2 Å². The van der Waals surface area contributed by atoms with Crippen LogP contribution in [0.25, 0.3) is 0 Å². The summed E-state index contributed by atoms with van der Waals surface area (Å²) in [6.07, 6.45) is 3.32. The van der Waals surface area contributed by atoms with Crippen LogP contribution < -0.4 is 5.73 Å². The highest BCUT2D eigenvalue weighted by Crippen LogP contribution is 2.11. The monoisotopic (exact) mass is 192 g/mol. The number of halogens is 2. The molecule has 11 heavy (non-hydrogen) atoms. The molecule has 0 saturated carbocycles. The highest BCUT2D eigenvalue weighted by molar-refractivity contribution is 6.34. The topological polar surface area (TPSA) is 56.0 Å². The van der Waals surface area contributed by atoms with Crippen molar-refractivity contribution in [3.05, 3.63) is 28.5 Å². The molecule has 2 N–H and O–H groups in total. The molecule has 3 nitrogen and oxygen atoms in total. The summed E-state index contributed by atoms with van der Waals surface area (Å²) in [5.74, 6) is 0. The van der Waals surface area contributed by atoms with Gasteiger partial charge in [0, 0.05) is 12.4 Å². The van der Waals surface area contributed by atoms with Gasteiger partial charge in [0.25, 0.3) is 0 Å². The molecule has 0 atom stereocenters. The molecule has 0 aliphatic heterocycles. The minimum Gasteiger partial charge on any atom is -0.372 e. The number of pyridine rings is 1. The summed E-state index contributed by atoms with van der Waals surface area (Å²) < 4.78 is 0. The maximum Gasteiger partial charge on any atom is 0.204 e. The molecular formula is C6H6Cl2N2O. The standard InChI is InChI=1S/C5H3Cl2N.CH3NO/c6-4-1-5(7)3-8-2-4;2-1-3/h1-3H;1H,(H2,2,3). The number of nitrogens with zero attached hydrogens (tertiary/aromatic N) is 1. The fourth-order valence-corrected chi connectivity index (χ4v) is 0.790. The number of carbonyl (C=O) groups excluding carboxylic acids is 1. The zero-order valence-corrected chi connectivity index (χ0v) is 7.01. The first-order valence-corrected chi connectivity index (χ1v) is 3.37. The number of hydrogen-bond acceptors (Lipinski definition) is 2. The maximum atomic E-state index is 8.58. The lowest BCUT2D eigenvalue weighted by atomic mass is 10.5. The number of carbonyl (C=O) groups is 1. The summed E-state index contributed by atoms with van der Waals surface area (Å²) in [6.45, 7) is 0. The van der Waals surface area contributed by atoms with E-state index in [0.717, 1.165) is 0 Å². The third-order valence-corrected chi connectivity index (χ3v) is 1.08. The van der Waals surface area contributed by atoms with Gasteiger partial charge in [-0.1, -0.05) is 23.2 Å². The van der Waals surface area contributed by atoms with Crippen LogP contribution in [0.15, 0.2) is 18.5 Å². The van der Waals surface area contributed by atoms with Crippen LogP contribution in [0.2, 0.25) is 10.0 Å². The lowest BCUT2D eigenvalue weighted by molar-refractivity contribution is -0.106. The molecule has 1 heterocycles. The SMILES string of the molecule is Clc1cncc(Cl)c1.NC=O. The van der Waals surface area contributed by atoms with Crippen molar-refractivity contribution in [3.63, 3.8) is 0 Å². The Morgan fingerprint density at radius 2 is 1.73 bits per heavy atom. The van der Waals surface area contributed by atoms with Gasteiger partial charge >= 0.3 is 0 Å². The van der Waals surface area contributed by atoms with Gasteiger partial charge in [-0.2, -0.15) is 0 Å². The summed E-state index contributed by atoms with van der Waals surface area (Å²) in [5.41, 5.74) is 4.17. The summed E-state index contributed by atoms with van der Waals surface area (Å²) >= 11 is 11.0. The van der Waals surface area contributed by atoms with Crippen LogP contribution in [-0.4, -0.2) is 11.4 Å². The second-order valence-electron chi connectivity index (χ2n) is 1.46. The van der Waals surface area contributed by atoms with Gasteiger partial charge < -0.3 is 5.73 Å². The fraction of sp³-hybridized carbons (Fsp3) is 0. The Morgan fingerprint density at radius 1 is 1.36 bits per heavy atom. The second kappa shape index (κ2) is 5.95. The van der Waals surface area contributed by atoms with Crippen LogP contribution in [0, 0.1) is 0 Å². The number of rotatable bonds is 0. The normalized spacial score (nSPS) is 7.82. The molecule has 1 aromatic rings. The number of hydrogen-bond donors (Lipinski definition) is 1. The van der Waals surface area contributed by atoms with E-state index < -0.39 is 0 Å². The quantitative estimate of drug-likeness (QED) is 0.634. The lowest BCUT2D eigenvalue weighted by Crippen LogP contribution is -1.82. The molecule has 0 radical (unpaired) electrons. The minimum absolute atomic E-state index is 0.250. The largest absolute Gasteiger partial charge is 0.372 e. The minimum atomic E-state index is 0.250. The number of amides is 1. The maximum absolute atomic E-state index is 8.58. The molecule has 1 amide bonds. The molecule has 0 saturated heterocycles. The summed E-state index contributed by atoms with van der Waals surface area (Å²) in [5, 5.41) is 1.13. The first kappa shape index (κ1) is 10.2. The molecule has 60 valence electrons. The average molecular weight is 193 g/mol. The van der Waals surface area contributed by atoms with Gasteiger partial charge in [-0.3, -0.25) is 9.78 Å². The molecular weight excluding hydrogens is 187 g/mol. The number of nitrogens with two attached hydrogens (primary N) is 1. The van der Waals surface area contributed by atoms with Gasteiger partial charge in [0.1, 0.15) is 0 Å². The van der Waals surface area contributed by atoms with Crippen molar-refractivity contribution in [2.24, 2.45) is 5.73 Å². The molecule has 0 aliphatic carbocycles. The van der Waals surface area contributed by atoms with E-state index in [0.29, 0.717) is 10.0 Å².